The third kappa shape index (κ3) is 2.37. The number of hydrogen-bond donors (Lipinski definition) is 2. The highest BCUT2D eigenvalue weighted by atomic mass is 16.7. The molecule has 4 rings (SSSR count). The van der Waals surface area contributed by atoms with Crippen LogP contribution in [0, 0.1) is 5.92 Å². The largest absolute Gasteiger partial charge is 0.426 e. The summed E-state index contributed by atoms with van der Waals surface area (Å²) in [6.45, 7) is -0.670. The first-order valence-corrected chi connectivity index (χ1v) is 8.02. The van der Waals surface area contributed by atoms with Crippen molar-refractivity contribution in [2.75, 3.05) is 13.7 Å². The van der Waals surface area contributed by atoms with Crippen LogP contribution in [0.5, 0.6) is 0 Å². The van der Waals surface area contributed by atoms with E-state index in [0.29, 0.717) is 18.4 Å². The van der Waals surface area contributed by atoms with E-state index >= 15 is 0 Å². The monoisotopic (exact) mass is 319 g/mol. The van der Waals surface area contributed by atoms with Crippen molar-refractivity contribution in [1.29, 1.82) is 0 Å². The summed E-state index contributed by atoms with van der Waals surface area (Å²) in [7, 11) is 2.07. The Morgan fingerprint density at radius 1 is 1.30 bits per heavy atom. The van der Waals surface area contributed by atoms with Gasteiger partial charge in [0, 0.05) is 17.6 Å². The molecule has 1 aromatic carbocycles. The molecule has 3 heterocycles. The van der Waals surface area contributed by atoms with Crippen molar-refractivity contribution in [3.63, 3.8) is 0 Å². The van der Waals surface area contributed by atoms with Crippen LogP contribution in [0.1, 0.15) is 18.4 Å². The first-order chi connectivity index (χ1) is 11.0. The minimum atomic E-state index is -1.99. The lowest BCUT2D eigenvalue weighted by atomic mass is 9.90. The molecule has 0 radical (unpaired) electrons. The van der Waals surface area contributed by atoms with Gasteiger partial charge >= 0.3 is 5.97 Å². The summed E-state index contributed by atoms with van der Waals surface area (Å²) < 4.78 is 11.0. The lowest BCUT2D eigenvalue weighted by Gasteiger charge is -2.38. The molecule has 0 amide bonds. The Balaban J connectivity index is 1.47. The van der Waals surface area contributed by atoms with Crippen LogP contribution in [0.3, 0.4) is 0 Å². The van der Waals surface area contributed by atoms with Gasteiger partial charge in [-0.1, -0.05) is 30.3 Å². The number of ether oxygens (including phenoxy) is 2. The van der Waals surface area contributed by atoms with Gasteiger partial charge in [0.2, 0.25) is 0 Å². The summed E-state index contributed by atoms with van der Waals surface area (Å²) in [6, 6.07) is 9.00. The fourth-order valence-electron chi connectivity index (χ4n) is 4.07. The van der Waals surface area contributed by atoms with Gasteiger partial charge in [-0.25, -0.2) is 0 Å². The second kappa shape index (κ2) is 5.27. The Morgan fingerprint density at radius 3 is 2.48 bits per heavy atom. The molecule has 0 saturated carbocycles. The van der Waals surface area contributed by atoms with E-state index in [1.807, 2.05) is 0 Å². The Kier molecular flexibility index (Phi) is 3.46. The SMILES string of the molecule is CN1C2CC(C(=O)OC(O)(CO)c3ccccc3)CC1C1OC12. The molecule has 124 valence electrons. The van der Waals surface area contributed by atoms with Gasteiger partial charge in [0.25, 0.3) is 5.79 Å². The molecule has 5 unspecified atom stereocenters. The average molecular weight is 319 g/mol. The lowest BCUT2D eigenvalue weighted by Crippen LogP contribution is -2.48. The van der Waals surface area contributed by atoms with Gasteiger partial charge in [-0.15, -0.1) is 0 Å². The molecular formula is C17H21NO5. The topological polar surface area (TPSA) is 82.5 Å². The molecule has 0 aromatic heterocycles. The predicted molar refractivity (Wildman–Crippen MR) is 80.2 cm³/mol. The number of carbonyl (C=O) groups excluding carboxylic acids is 1. The quantitative estimate of drug-likeness (QED) is 0.470. The van der Waals surface area contributed by atoms with Gasteiger partial charge in [-0.3, -0.25) is 9.69 Å². The van der Waals surface area contributed by atoms with E-state index in [0.717, 1.165) is 0 Å². The molecule has 3 aliphatic rings. The maximum atomic E-state index is 12.5. The Hall–Kier alpha value is -1.47. The third-order valence-corrected chi connectivity index (χ3v) is 5.46. The number of aliphatic hydroxyl groups excluding tert-OH is 1. The van der Waals surface area contributed by atoms with Gasteiger partial charge in [0.15, 0.2) is 0 Å². The van der Waals surface area contributed by atoms with Gasteiger partial charge in [-0.2, -0.15) is 0 Å². The van der Waals surface area contributed by atoms with E-state index in [9.17, 15) is 15.0 Å². The molecule has 6 heteroatoms. The Labute approximate surface area is 134 Å². The van der Waals surface area contributed by atoms with E-state index < -0.39 is 18.4 Å². The highest BCUT2D eigenvalue weighted by Gasteiger charge is 2.63. The highest BCUT2D eigenvalue weighted by Crippen LogP contribution is 2.49. The summed E-state index contributed by atoms with van der Waals surface area (Å²) in [4.78, 5) is 14.8. The third-order valence-electron chi connectivity index (χ3n) is 5.46. The van der Waals surface area contributed by atoms with Crippen LogP contribution in [0.25, 0.3) is 0 Å². The summed E-state index contributed by atoms with van der Waals surface area (Å²) in [5.41, 5.74) is 0.373. The molecular weight excluding hydrogens is 298 g/mol. The zero-order chi connectivity index (χ0) is 16.2. The molecule has 23 heavy (non-hydrogen) atoms. The average Bonchev–Trinajstić information content (AvgIpc) is 3.32. The molecule has 0 spiro atoms. The smallest absolute Gasteiger partial charge is 0.311 e. The second-order valence-corrected chi connectivity index (χ2v) is 6.76. The van der Waals surface area contributed by atoms with Crippen LogP contribution in [0.2, 0.25) is 0 Å². The lowest BCUT2D eigenvalue weighted by molar-refractivity contribution is -0.234. The van der Waals surface area contributed by atoms with E-state index in [4.69, 9.17) is 9.47 Å². The van der Waals surface area contributed by atoms with Crippen molar-refractivity contribution in [3.8, 4) is 0 Å². The fourth-order valence-corrected chi connectivity index (χ4v) is 4.07. The van der Waals surface area contributed by atoms with Crippen molar-refractivity contribution in [2.45, 2.75) is 42.9 Å². The number of aliphatic hydroxyl groups is 2. The van der Waals surface area contributed by atoms with E-state index in [1.54, 1.807) is 30.3 Å². The highest BCUT2D eigenvalue weighted by molar-refractivity contribution is 5.73. The zero-order valence-corrected chi connectivity index (χ0v) is 13.0. The number of nitrogens with zero attached hydrogens (tertiary/aromatic N) is 1. The van der Waals surface area contributed by atoms with Crippen LogP contribution in [-0.4, -0.2) is 59.0 Å². The molecule has 3 aliphatic heterocycles. The standard InChI is InChI=1S/C17H21NO5/c1-18-12-7-10(8-13(18)15-14(12)22-15)16(20)23-17(21,9-19)11-5-3-2-4-6-11/h2-6,10,12-15,19,21H,7-9H2,1H3. The number of likely N-dealkylation sites (N-methyl/N-ethyl adjacent to an activating group) is 1. The summed E-state index contributed by atoms with van der Waals surface area (Å²) >= 11 is 0. The number of benzene rings is 1. The fraction of sp³-hybridized carbons (Fsp3) is 0.588. The molecule has 1 aromatic rings. The number of morpholine rings is 1. The van der Waals surface area contributed by atoms with Crippen molar-refractivity contribution in [1.82, 2.24) is 4.90 Å². The predicted octanol–water partition coefficient (Wildman–Crippen LogP) is 0.227. The number of carbonyl (C=O) groups is 1. The van der Waals surface area contributed by atoms with Crippen molar-refractivity contribution in [2.24, 2.45) is 5.92 Å². The number of piperidine rings is 1. The first-order valence-electron chi connectivity index (χ1n) is 8.02. The molecule has 5 atom stereocenters. The molecule has 0 aliphatic carbocycles. The summed E-state index contributed by atoms with van der Waals surface area (Å²) in [5, 5.41) is 20.1. The van der Waals surface area contributed by atoms with Crippen molar-refractivity contribution in [3.05, 3.63) is 35.9 Å². The number of fused-ring (bicyclic) bond motifs is 5. The molecule has 2 N–H and O–H groups in total. The first kappa shape index (κ1) is 15.1. The molecule has 3 saturated heterocycles. The van der Waals surface area contributed by atoms with Gasteiger partial charge in [-0.05, 0) is 19.9 Å². The van der Waals surface area contributed by atoms with Crippen LogP contribution in [0.4, 0.5) is 0 Å². The zero-order valence-electron chi connectivity index (χ0n) is 13.0. The second-order valence-electron chi connectivity index (χ2n) is 6.76. The molecule has 6 nitrogen and oxygen atoms in total. The van der Waals surface area contributed by atoms with Crippen molar-refractivity contribution < 1.29 is 24.5 Å². The normalized spacial score (nSPS) is 37.8. The Morgan fingerprint density at radius 2 is 1.91 bits per heavy atom. The minimum Gasteiger partial charge on any atom is -0.426 e. The number of epoxide rings is 1. The van der Waals surface area contributed by atoms with Crippen LogP contribution < -0.4 is 0 Å². The van der Waals surface area contributed by atoms with E-state index in [-0.39, 0.29) is 30.2 Å². The van der Waals surface area contributed by atoms with E-state index in [1.165, 1.54) is 0 Å². The van der Waals surface area contributed by atoms with Gasteiger partial charge in [0.05, 0.1) is 5.92 Å². The van der Waals surface area contributed by atoms with Crippen LogP contribution in [0.15, 0.2) is 30.3 Å². The number of esters is 1. The Bertz CT molecular complexity index is 590. The molecule has 3 fully saturated rings. The minimum absolute atomic E-state index is 0.244. The maximum absolute atomic E-state index is 12.5. The number of hydrogen-bond acceptors (Lipinski definition) is 6. The molecule has 2 bridgehead atoms. The maximum Gasteiger partial charge on any atom is 0.311 e. The number of rotatable bonds is 4. The van der Waals surface area contributed by atoms with Gasteiger partial charge in [0.1, 0.15) is 18.8 Å². The van der Waals surface area contributed by atoms with Crippen LogP contribution >= 0.6 is 0 Å². The van der Waals surface area contributed by atoms with Gasteiger partial charge < -0.3 is 19.7 Å². The van der Waals surface area contributed by atoms with Crippen LogP contribution in [-0.2, 0) is 20.1 Å². The summed E-state index contributed by atoms with van der Waals surface area (Å²) in [5.74, 6) is -2.70. The van der Waals surface area contributed by atoms with Crippen molar-refractivity contribution >= 4 is 5.97 Å². The summed E-state index contributed by atoms with van der Waals surface area (Å²) in [6.07, 6.45) is 1.83. The van der Waals surface area contributed by atoms with E-state index in [2.05, 4.69) is 11.9 Å².